The van der Waals surface area contributed by atoms with E-state index in [4.69, 9.17) is 4.42 Å². The fraction of sp³-hybridized carbons (Fsp3) is 0.0909. The van der Waals surface area contributed by atoms with Gasteiger partial charge in [0.05, 0.1) is 11.6 Å². The van der Waals surface area contributed by atoms with Gasteiger partial charge in [0.25, 0.3) is 5.91 Å². The number of hydrogen-bond donors (Lipinski definition) is 1. The summed E-state index contributed by atoms with van der Waals surface area (Å²) in [7, 11) is 0. The molecule has 0 saturated heterocycles. The largest absolute Gasteiger partial charge is 0.503 e. The van der Waals surface area contributed by atoms with E-state index in [1.165, 1.54) is 44.3 Å². The molecule has 0 saturated carbocycles. The first kappa shape index (κ1) is 26.2. The number of anilines is 1. The molecule has 1 amide bonds. The molecule has 6 aromatic rings. The summed E-state index contributed by atoms with van der Waals surface area (Å²) >= 11 is 2.77. The molecular weight excluding hydrogens is 567 g/mol. The van der Waals surface area contributed by atoms with Crippen molar-refractivity contribution in [1.29, 1.82) is 0 Å². The van der Waals surface area contributed by atoms with Crippen LogP contribution < -0.4 is 4.90 Å². The Labute approximate surface area is 249 Å². The van der Waals surface area contributed by atoms with Crippen LogP contribution >= 0.6 is 23.1 Å². The number of aliphatic hydroxyl groups is 1. The van der Waals surface area contributed by atoms with Crippen LogP contribution in [-0.2, 0) is 10.5 Å². The van der Waals surface area contributed by atoms with E-state index in [0.717, 1.165) is 10.9 Å². The van der Waals surface area contributed by atoms with Crippen LogP contribution in [0.15, 0.2) is 117 Å². The number of aliphatic hydroxyl groups excluding tert-OH is 1. The molecule has 0 bridgehead atoms. The molecule has 42 heavy (non-hydrogen) atoms. The highest BCUT2D eigenvalue weighted by Crippen LogP contribution is 2.44. The topological polar surface area (TPSA) is 96.5 Å². The molecule has 9 heteroatoms. The van der Waals surface area contributed by atoms with Crippen LogP contribution in [0.3, 0.4) is 0 Å². The predicted molar refractivity (Wildman–Crippen MR) is 165 cm³/mol. The summed E-state index contributed by atoms with van der Waals surface area (Å²) in [5.41, 5.74) is 3.35. The standard InChI is InChI=1S/C33H23N3O4S2/c1-19-13-15-21(16-14-19)28-27(29(37)26-17-22-8-3-5-12-25(22)40-26)30(38)31(39)36(28)32-34-35-33(42-32)41-18-23-10-6-9-20-7-2-4-11-24(20)23/h2-17,28,38H,18H2,1H3/t28-/m0/s1. The van der Waals surface area contributed by atoms with Gasteiger partial charge in [-0.25, -0.2) is 0 Å². The molecule has 1 N–H and O–H groups in total. The van der Waals surface area contributed by atoms with Crippen molar-refractivity contribution in [3.8, 4) is 0 Å². The van der Waals surface area contributed by atoms with Crippen molar-refractivity contribution in [3.05, 3.63) is 131 Å². The van der Waals surface area contributed by atoms with Gasteiger partial charge in [-0.1, -0.05) is 114 Å². The van der Waals surface area contributed by atoms with E-state index in [1.807, 2.05) is 67.6 Å². The summed E-state index contributed by atoms with van der Waals surface area (Å²) in [4.78, 5) is 28.8. The number of fused-ring (bicyclic) bond motifs is 2. The van der Waals surface area contributed by atoms with Gasteiger partial charge in [-0.15, -0.1) is 10.2 Å². The third-order valence-electron chi connectivity index (χ3n) is 7.33. The number of Topliss-reactive ketones (excluding diaryl/α,β-unsaturated/α-hetero) is 1. The quantitative estimate of drug-likeness (QED) is 0.115. The van der Waals surface area contributed by atoms with Crippen LogP contribution in [0.25, 0.3) is 21.7 Å². The maximum absolute atomic E-state index is 13.8. The number of amides is 1. The molecule has 7 nitrogen and oxygen atoms in total. The van der Waals surface area contributed by atoms with E-state index < -0.39 is 23.5 Å². The summed E-state index contributed by atoms with van der Waals surface area (Å²) in [6.07, 6.45) is 0. The third kappa shape index (κ3) is 4.56. The molecule has 0 spiro atoms. The van der Waals surface area contributed by atoms with Crippen LogP contribution in [0.1, 0.15) is 33.3 Å². The third-order valence-corrected chi connectivity index (χ3v) is 9.43. The van der Waals surface area contributed by atoms with E-state index in [2.05, 4.69) is 34.5 Å². The number of carbonyl (C=O) groups is 2. The number of rotatable bonds is 7. The maximum Gasteiger partial charge on any atom is 0.296 e. The first-order valence-corrected chi connectivity index (χ1v) is 15.1. The van der Waals surface area contributed by atoms with E-state index in [9.17, 15) is 14.7 Å². The Bertz CT molecular complexity index is 1990. The molecule has 206 valence electrons. The lowest BCUT2D eigenvalue weighted by Crippen LogP contribution is -2.31. The van der Waals surface area contributed by atoms with Gasteiger partial charge in [-0.2, -0.15) is 0 Å². The molecule has 1 aliphatic heterocycles. The van der Waals surface area contributed by atoms with Gasteiger partial charge in [0, 0.05) is 11.1 Å². The van der Waals surface area contributed by atoms with E-state index in [1.54, 1.807) is 12.1 Å². The summed E-state index contributed by atoms with van der Waals surface area (Å²) in [6.45, 7) is 1.96. The van der Waals surface area contributed by atoms with Crippen molar-refractivity contribution in [3.63, 3.8) is 0 Å². The average Bonchev–Trinajstić information content (AvgIpc) is 3.73. The van der Waals surface area contributed by atoms with Crippen molar-refractivity contribution in [2.75, 3.05) is 4.90 Å². The number of aryl methyl sites for hydroxylation is 1. The molecule has 1 atom stereocenters. The Balaban J connectivity index is 1.23. The molecule has 0 fully saturated rings. The molecule has 3 heterocycles. The van der Waals surface area contributed by atoms with Gasteiger partial charge in [0.15, 0.2) is 15.9 Å². The fourth-order valence-electron chi connectivity index (χ4n) is 5.24. The summed E-state index contributed by atoms with van der Waals surface area (Å²) in [6, 6.07) is 29.9. The van der Waals surface area contributed by atoms with Gasteiger partial charge in [0.1, 0.15) is 5.58 Å². The number of nitrogens with zero attached hydrogens (tertiary/aromatic N) is 3. The highest BCUT2D eigenvalue weighted by Gasteiger charge is 2.46. The Morgan fingerprint density at radius 3 is 2.50 bits per heavy atom. The number of ketones is 1. The smallest absolute Gasteiger partial charge is 0.296 e. The molecule has 4 aromatic carbocycles. The monoisotopic (exact) mass is 589 g/mol. The first-order chi connectivity index (χ1) is 20.5. The number of furan rings is 1. The zero-order valence-electron chi connectivity index (χ0n) is 22.4. The van der Waals surface area contributed by atoms with Crippen LogP contribution in [0.2, 0.25) is 0 Å². The summed E-state index contributed by atoms with van der Waals surface area (Å²) in [5, 5.41) is 23.2. The minimum atomic E-state index is -0.900. The van der Waals surface area contributed by atoms with Crippen molar-refractivity contribution >= 4 is 61.7 Å². The van der Waals surface area contributed by atoms with Crippen molar-refractivity contribution in [2.45, 2.75) is 23.1 Å². The minimum Gasteiger partial charge on any atom is -0.503 e. The zero-order chi connectivity index (χ0) is 28.8. The van der Waals surface area contributed by atoms with Crippen LogP contribution in [0, 0.1) is 6.92 Å². The normalized spacial score (nSPS) is 15.3. The van der Waals surface area contributed by atoms with Gasteiger partial charge in [0.2, 0.25) is 10.9 Å². The van der Waals surface area contributed by atoms with E-state index >= 15 is 0 Å². The van der Waals surface area contributed by atoms with Gasteiger partial charge in [-0.3, -0.25) is 14.5 Å². The zero-order valence-corrected chi connectivity index (χ0v) is 24.0. The highest BCUT2D eigenvalue weighted by molar-refractivity contribution is 8.00. The molecule has 2 aromatic heterocycles. The lowest BCUT2D eigenvalue weighted by Gasteiger charge is -2.23. The van der Waals surface area contributed by atoms with E-state index in [-0.39, 0.29) is 11.3 Å². The molecule has 7 rings (SSSR count). The van der Waals surface area contributed by atoms with Crippen LogP contribution in [0.4, 0.5) is 5.13 Å². The van der Waals surface area contributed by atoms with Crippen LogP contribution in [0.5, 0.6) is 0 Å². The fourth-order valence-corrected chi connectivity index (χ4v) is 7.11. The summed E-state index contributed by atoms with van der Waals surface area (Å²) in [5.74, 6) is -1.16. The number of aromatic nitrogens is 2. The van der Waals surface area contributed by atoms with Gasteiger partial charge < -0.3 is 9.52 Å². The Hall–Kier alpha value is -4.73. The maximum atomic E-state index is 13.8. The second-order valence-corrected chi connectivity index (χ2v) is 12.2. The van der Waals surface area contributed by atoms with Gasteiger partial charge in [-0.05, 0) is 41.0 Å². The highest BCUT2D eigenvalue weighted by atomic mass is 32.2. The second kappa shape index (κ2) is 10.6. The minimum absolute atomic E-state index is 0.0492. The number of thioether (sulfide) groups is 1. The SMILES string of the molecule is Cc1ccc([C@H]2C(C(=O)c3cc4ccccc4o3)=C(O)C(=O)N2c2nnc(SCc3cccc4ccccc34)s2)cc1. The molecule has 0 radical (unpaired) electrons. The van der Waals surface area contributed by atoms with Gasteiger partial charge >= 0.3 is 0 Å². The number of carbonyl (C=O) groups excluding carboxylic acids is 2. The Kier molecular flexibility index (Phi) is 6.60. The van der Waals surface area contributed by atoms with Crippen molar-refractivity contribution in [1.82, 2.24) is 10.2 Å². The predicted octanol–water partition coefficient (Wildman–Crippen LogP) is 7.82. The summed E-state index contributed by atoms with van der Waals surface area (Å²) < 4.78 is 6.50. The van der Waals surface area contributed by atoms with E-state index in [0.29, 0.717) is 26.4 Å². The molecular formula is C33H23N3O4S2. The average molecular weight is 590 g/mol. The van der Waals surface area contributed by atoms with Crippen molar-refractivity contribution in [2.24, 2.45) is 0 Å². The lowest BCUT2D eigenvalue weighted by molar-refractivity contribution is -0.117. The first-order valence-electron chi connectivity index (χ1n) is 13.3. The number of benzene rings is 4. The molecule has 0 aliphatic carbocycles. The number of para-hydroxylation sites is 1. The number of hydrogen-bond acceptors (Lipinski definition) is 8. The lowest BCUT2D eigenvalue weighted by atomic mass is 9.94. The second-order valence-electron chi connectivity index (χ2n) is 10.0. The Morgan fingerprint density at radius 2 is 1.69 bits per heavy atom. The molecule has 1 aliphatic rings. The van der Waals surface area contributed by atoms with Crippen LogP contribution in [-0.4, -0.2) is 27.0 Å². The van der Waals surface area contributed by atoms with Crippen molar-refractivity contribution < 1.29 is 19.1 Å². The molecule has 0 unspecified atom stereocenters. The Morgan fingerprint density at radius 1 is 0.952 bits per heavy atom.